The zero-order chi connectivity index (χ0) is 16.5. The van der Waals surface area contributed by atoms with Gasteiger partial charge in [-0.05, 0) is 29.1 Å². The number of azo groups is 1. The SMILES string of the molecule is O=C(/C=C/c1ccccc1[N+]([O-])=Nc1ccccc1)OCCO. The molecule has 0 bridgehead atoms. The molecule has 0 unspecified atom stereocenters. The minimum Gasteiger partial charge on any atom is -0.594 e. The number of carbonyl (C=O) groups excluding carboxylic acids is 1. The topological polar surface area (TPSA) is 85.0 Å². The van der Waals surface area contributed by atoms with E-state index in [9.17, 15) is 10.0 Å². The van der Waals surface area contributed by atoms with Gasteiger partial charge in [-0.1, -0.05) is 30.3 Å². The van der Waals surface area contributed by atoms with E-state index >= 15 is 0 Å². The molecule has 0 aliphatic rings. The lowest BCUT2D eigenvalue weighted by atomic mass is 10.1. The summed E-state index contributed by atoms with van der Waals surface area (Å²) in [6.45, 7) is -0.303. The highest BCUT2D eigenvalue weighted by atomic mass is 16.5. The van der Waals surface area contributed by atoms with Crippen LogP contribution in [0.2, 0.25) is 0 Å². The lowest BCUT2D eigenvalue weighted by molar-refractivity contribution is -0.435. The Morgan fingerprint density at radius 3 is 2.61 bits per heavy atom. The van der Waals surface area contributed by atoms with Crippen LogP contribution in [0, 0.1) is 5.21 Å². The summed E-state index contributed by atoms with van der Waals surface area (Å²) in [6.07, 6.45) is 2.67. The maximum Gasteiger partial charge on any atom is 0.330 e. The van der Waals surface area contributed by atoms with Gasteiger partial charge >= 0.3 is 5.97 Å². The molecule has 1 N–H and O–H groups in total. The third-order valence-corrected chi connectivity index (χ3v) is 2.84. The minimum absolute atomic E-state index is 0.0676. The molecule has 0 spiro atoms. The van der Waals surface area contributed by atoms with Gasteiger partial charge < -0.3 is 15.1 Å². The average Bonchev–Trinajstić information content (AvgIpc) is 2.59. The fourth-order valence-electron chi connectivity index (χ4n) is 1.81. The predicted molar refractivity (Wildman–Crippen MR) is 85.3 cm³/mol. The van der Waals surface area contributed by atoms with Crippen molar-refractivity contribution in [3.05, 3.63) is 71.4 Å². The van der Waals surface area contributed by atoms with Gasteiger partial charge in [0.05, 0.1) is 12.2 Å². The van der Waals surface area contributed by atoms with E-state index in [1.54, 1.807) is 48.5 Å². The standard InChI is InChI=1S/C17H16N2O4/c20-12-13-23-17(21)11-10-14-6-4-5-9-16(14)19(22)18-15-7-2-1-3-8-15/h1-11,20H,12-13H2/b11-10+,19-18?. The zero-order valence-corrected chi connectivity index (χ0v) is 12.3. The monoisotopic (exact) mass is 312 g/mol. The van der Waals surface area contributed by atoms with Crippen molar-refractivity contribution in [3.63, 3.8) is 0 Å². The van der Waals surface area contributed by atoms with Crippen LogP contribution in [0.1, 0.15) is 5.56 Å². The second-order valence-corrected chi connectivity index (χ2v) is 4.49. The summed E-state index contributed by atoms with van der Waals surface area (Å²) in [5.74, 6) is -0.591. The van der Waals surface area contributed by atoms with E-state index in [4.69, 9.17) is 9.84 Å². The van der Waals surface area contributed by atoms with Crippen molar-refractivity contribution in [1.29, 1.82) is 0 Å². The van der Waals surface area contributed by atoms with Crippen molar-refractivity contribution in [2.24, 2.45) is 5.11 Å². The number of aliphatic hydroxyl groups is 1. The maximum atomic E-state index is 12.2. The number of nitrogens with zero attached hydrogens (tertiary/aromatic N) is 2. The fraction of sp³-hybridized carbons (Fsp3) is 0.118. The first-order chi connectivity index (χ1) is 11.2. The first-order valence-electron chi connectivity index (χ1n) is 6.99. The van der Waals surface area contributed by atoms with Crippen LogP contribution < -0.4 is 0 Å². The second-order valence-electron chi connectivity index (χ2n) is 4.49. The lowest BCUT2D eigenvalue weighted by Gasteiger charge is -2.03. The van der Waals surface area contributed by atoms with Gasteiger partial charge in [0.1, 0.15) is 12.3 Å². The first kappa shape index (κ1) is 16.4. The van der Waals surface area contributed by atoms with E-state index in [-0.39, 0.29) is 13.2 Å². The van der Waals surface area contributed by atoms with E-state index in [1.807, 2.05) is 6.07 Å². The quantitative estimate of drug-likeness (QED) is 0.292. The predicted octanol–water partition coefficient (Wildman–Crippen LogP) is 3.16. The van der Waals surface area contributed by atoms with E-state index < -0.39 is 5.97 Å². The van der Waals surface area contributed by atoms with Gasteiger partial charge in [0, 0.05) is 17.3 Å². The van der Waals surface area contributed by atoms with Gasteiger partial charge in [0.25, 0.3) is 5.69 Å². The van der Waals surface area contributed by atoms with E-state index in [0.29, 0.717) is 21.8 Å². The molecule has 0 heterocycles. The second kappa shape index (κ2) is 8.45. The molecular formula is C17H16N2O4. The summed E-state index contributed by atoms with van der Waals surface area (Å²) in [5.41, 5.74) is 1.37. The average molecular weight is 312 g/mol. The van der Waals surface area contributed by atoms with Gasteiger partial charge in [-0.15, -0.1) is 0 Å². The Hall–Kier alpha value is -2.99. The van der Waals surface area contributed by atoms with Gasteiger partial charge in [0.2, 0.25) is 0 Å². The van der Waals surface area contributed by atoms with Crippen molar-refractivity contribution >= 4 is 23.4 Å². The van der Waals surface area contributed by atoms with Crippen molar-refractivity contribution in [2.75, 3.05) is 13.2 Å². The molecule has 23 heavy (non-hydrogen) atoms. The van der Waals surface area contributed by atoms with Crippen LogP contribution >= 0.6 is 0 Å². The Morgan fingerprint density at radius 1 is 1.17 bits per heavy atom. The van der Waals surface area contributed by atoms with E-state index in [1.165, 1.54) is 12.2 Å². The highest BCUT2D eigenvalue weighted by molar-refractivity contribution is 5.87. The molecule has 0 saturated carbocycles. The molecular weight excluding hydrogens is 296 g/mol. The van der Waals surface area contributed by atoms with Gasteiger partial charge in [-0.3, -0.25) is 0 Å². The minimum atomic E-state index is -0.591. The molecule has 2 aromatic rings. The first-order valence-corrected chi connectivity index (χ1v) is 6.99. The number of rotatable bonds is 6. The number of hydrogen-bond donors (Lipinski definition) is 1. The third-order valence-electron chi connectivity index (χ3n) is 2.84. The van der Waals surface area contributed by atoms with Crippen molar-refractivity contribution in [2.45, 2.75) is 0 Å². The lowest BCUT2D eigenvalue weighted by Crippen LogP contribution is -2.05. The number of esters is 1. The molecule has 2 rings (SSSR count). The molecule has 0 amide bonds. The number of ether oxygens (including phenoxy) is 1. The summed E-state index contributed by atoms with van der Waals surface area (Å²) >= 11 is 0. The van der Waals surface area contributed by atoms with Crippen LogP contribution in [0.5, 0.6) is 0 Å². The van der Waals surface area contributed by atoms with Gasteiger partial charge in [0.15, 0.2) is 0 Å². The number of benzene rings is 2. The molecule has 0 aliphatic heterocycles. The summed E-state index contributed by atoms with van der Waals surface area (Å²) in [4.78, 5) is 11.9. The number of hydrogen-bond acceptors (Lipinski definition) is 5. The third kappa shape index (κ3) is 5.05. The smallest absolute Gasteiger partial charge is 0.330 e. The molecule has 0 fully saturated rings. The molecule has 0 aromatic heterocycles. The van der Waals surface area contributed by atoms with Crippen molar-refractivity contribution in [3.8, 4) is 0 Å². The largest absolute Gasteiger partial charge is 0.594 e. The maximum absolute atomic E-state index is 12.2. The van der Waals surface area contributed by atoms with Crippen LogP contribution in [0.15, 0.2) is 65.8 Å². The summed E-state index contributed by atoms with van der Waals surface area (Å²) in [5, 5.41) is 24.8. The van der Waals surface area contributed by atoms with Crippen LogP contribution in [0.4, 0.5) is 11.4 Å². The van der Waals surface area contributed by atoms with Crippen LogP contribution in [-0.4, -0.2) is 29.2 Å². The Kier molecular flexibility index (Phi) is 6.02. The van der Waals surface area contributed by atoms with Crippen LogP contribution in [-0.2, 0) is 9.53 Å². The Balaban J connectivity index is 2.22. The summed E-state index contributed by atoms with van der Waals surface area (Å²) < 4.78 is 4.72. The van der Waals surface area contributed by atoms with E-state index in [2.05, 4.69) is 5.11 Å². The Morgan fingerprint density at radius 2 is 1.87 bits per heavy atom. The molecule has 6 nitrogen and oxygen atoms in total. The normalized spacial score (nSPS) is 11.6. The summed E-state index contributed by atoms with van der Waals surface area (Å²) in [6, 6.07) is 15.6. The van der Waals surface area contributed by atoms with Crippen molar-refractivity contribution in [1.82, 2.24) is 0 Å². The molecule has 0 atom stereocenters. The van der Waals surface area contributed by atoms with Crippen LogP contribution in [0.25, 0.3) is 6.08 Å². The van der Waals surface area contributed by atoms with Crippen LogP contribution in [0.3, 0.4) is 0 Å². The van der Waals surface area contributed by atoms with E-state index in [0.717, 1.165) is 0 Å². The number of aliphatic hydroxyl groups excluding tert-OH is 1. The Labute approximate surface area is 133 Å². The Bertz CT molecular complexity index is 712. The fourth-order valence-corrected chi connectivity index (χ4v) is 1.81. The molecule has 2 aromatic carbocycles. The molecule has 6 heteroatoms. The van der Waals surface area contributed by atoms with Gasteiger partial charge in [-0.25, -0.2) is 4.79 Å². The molecule has 118 valence electrons. The molecule has 0 radical (unpaired) electrons. The molecule has 0 saturated heterocycles. The highest BCUT2D eigenvalue weighted by Gasteiger charge is 2.09. The highest BCUT2D eigenvalue weighted by Crippen LogP contribution is 2.22. The van der Waals surface area contributed by atoms with Crippen molar-refractivity contribution < 1.29 is 19.5 Å². The number of carbonyl (C=O) groups is 1. The molecule has 0 aliphatic carbocycles. The van der Waals surface area contributed by atoms with Gasteiger partial charge in [-0.2, -0.15) is 0 Å². The zero-order valence-electron chi connectivity index (χ0n) is 12.3. The number of para-hydroxylation sites is 1. The summed E-state index contributed by atoms with van der Waals surface area (Å²) in [7, 11) is 0.